The molecule has 0 amide bonds. The van der Waals surface area contributed by atoms with Crippen molar-refractivity contribution in [1.29, 1.82) is 0 Å². The number of H-pyrrole nitrogens is 1. The van der Waals surface area contributed by atoms with E-state index in [1.54, 1.807) is 0 Å². The molecule has 2 heteroatoms. The monoisotopic (exact) mass is 602 g/mol. The summed E-state index contributed by atoms with van der Waals surface area (Å²) in [6, 6.07) is 0.620. The zero-order chi connectivity index (χ0) is 31.1. The fraction of sp³-hybridized carbons (Fsp3) is 0.927. The van der Waals surface area contributed by atoms with Gasteiger partial charge < -0.3 is 0 Å². The molecule has 1 aromatic rings. The number of unbranched alkanes of at least 4 members (excludes halogenated alkanes) is 26. The van der Waals surface area contributed by atoms with Gasteiger partial charge in [-0.1, -0.05) is 201 Å². The van der Waals surface area contributed by atoms with Crippen molar-refractivity contribution in [3.8, 4) is 0 Å². The largest absolute Gasteiger partial charge is 0.257 e. The van der Waals surface area contributed by atoms with Crippen molar-refractivity contribution in [3.63, 3.8) is 0 Å². The average Bonchev–Trinajstić information content (AvgIpc) is 3.51. The number of aromatic amines is 1. The van der Waals surface area contributed by atoms with Gasteiger partial charge >= 0.3 is 0 Å². The number of imidazole rings is 1. The van der Waals surface area contributed by atoms with Gasteiger partial charge in [0.05, 0.1) is 12.0 Å². The Hall–Kier alpha value is -0.790. The summed E-state index contributed by atoms with van der Waals surface area (Å²) in [7, 11) is 0. The SMILES string of the molecule is CCCCCCCCCCCCCCCCCCC(CCCCC)c1[nH]cc[n+]1C(C)CCCCCCCCCCCC. The first-order valence-electron chi connectivity index (χ1n) is 20.3. The van der Waals surface area contributed by atoms with E-state index in [0.717, 1.165) is 0 Å². The molecule has 0 saturated heterocycles. The van der Waals surface area contributed by atoms with E-state index in [-0.39, 0.29) is 0 Å². The van der Waals surface area contributed by atoms with Crippen LogP contribution in [-0.2, 0) is 0 Å². The van der Waals surface area contributed by atoms with Crippen LogP contribution in [0.1, 0.15) is 251 Å². The molecule has 43 heavy (non-hydrogen) atoms. The molecule has 0 aliphatic carbocycles. The van der Waals surface area contributed by atoms with Crippen LogP contribution in [0.3, 0.4) is 0 Å². The quantitative estimate of drug-likeness (QED) is 0.0599. The molecule has 1 heterocycles. The van der Waals surface area contributed by atoms with E-state index in [0.29, 0.717) is 12.0 Å². The van der Waals surface area contributed by atoms with Gasteiger partial charge in [-0.15, -0.1) is 0 Å². The van der Waals surface area contributed by atoms with E-state index >= 15 is 0 Å². The van der Waals surface area contributed by atoms with E-state index in [9.17, 15) is 0 Å². The summed E-state index contributed by atoms with van der Waals surface area (Å²) in [4.78, 5) is 3.72. The Bertz CT molecular complexity index is 664. The molecule has 1 rings (SSSR count). The molecule has 0 aliphatic heterocycles. The zero-order valence-corrected chi connectivity index (χ0v) is 30.4. The van der Waals surface area contributed by atoms with Crippen molar-refractivity contribution in [3.05, 3.63) is 18.2 Å². The molecule has 0 bridgehead atoms. The van der Waals surface area contributed by atoms with Gasteiger partial charge in [0.15, 0.2) is 0 Å². The molecule has 1 N–H and O–H groups in total. The van der Waals surface area contributed by atoms with E-state index in [2.05, 4.69) is 49.6 Å². The van der Waals surface area contributed by atoms with Gasteiger partial charge in [0.1, 0.15) is 12.4 Å². The second-order valence-corrected chi connectivity index (χ2v) is 14.4. The molecule has 0 saturated carbocycles. The first-order chi connectivity index (χ1) is 21.2. The highest BCUT2D eigenvalue weighted by Crippen LogP contribution is 2.27. The highest BCUT2D eigenvalue weighted by atomic mass is 15.1. The number of rotatable bonds is 34. The van der Waals surface area contributed by atoms with Crippen molar-refractivity contribution in [2.24, 2.45) is 0 Å². The first kappa shape index (κ1) is 40.2. The number of nitrogens with zero attached hydrogens (tertiary/aromatic N) is 1. The summed E-state index contributed by atoms with van der Waals surface area (Å²) in [5.74, 6) is 2.24. The predicted molar refractivity (Wildman–Crippen MR) is 193 cm³/mol. The molecule has 0 aliphatic rings. The number of nitrogens with one attached hydrogen (secondary N) is 1. The maximum Gasteiger partial charge on any atom is 0.257 e. The predicted octanol–water partition coefficient (Wildman–Crippen LogP) is 14.5. The minimum absolute atomic E-state index is 0.620. The number of hydrogen-bond acceptors (Lipinski definition) is 0. The van der Waals surface area contributed by atoms with Crippen LogP contribution in [0.5, 0.6) is 0 Å². The van der Waals surface area contributed by atoms with Crippen molar-refractivity contribution in [2.45, 2.75) is 245 Å². The van der Waals surface area contributed by atoms with Gasteiger partial charge in [-0.05, 0) is 32.6 Å². The molecule has 0 spiro atoms. The third-order valence-corrected chi connectivity index (χ3v) is 10.1. The van der Waals surface area contributed by atoms with Crippen molar-refractivity contribution in [2.75, 3.05) is 0 Å². The summed E-state index contributed by atoms with van der Waals surface area (Å²) in [5, 5.41) is 0. The zero-order valence-electron chi connectivity index (χ0n) is 30.4. The van der Waals surface area contributed by atoms with Crippen LogP contribution in [0.2, 0.25) is 0 Å². The molecular weight excluding hydrogens is 520 g/mol. The minimum Gasteiger partial charge on any atom is -0.247 e. The lowest BCUT2D eigenvalue weighted by Gasteiger charge is -2.17. The van der Waals surface area contributed by atoms with Crippen molar-refractivity contribution in [1.82, 2.24) is 4.98 Å². The fourth-order valence-electron chi connectivity index (χ4n) is 7.13. The second-order valence-electron chi connectivity index (χ2n) is 14.4. The highest BCUT2D eigenvalue weighted by molar-refractivity contribution is 4.90. The fourth-order valence-corrected chi connectivity index (χ4v) is 7.13. The van der Waals surface area contributed by atoms with Gasteiger partial charge in [0.2, 0.25) is 0 Å². The second kappa shape index (κ2) is 31.2. The molecule has 2 unspecified atom stereocenters. The highest BCUT2D eigenvalue weighted by Gasteiger charge is 2.25. The van der Waals surface area contributed by atoms with Crippen LogP contribution in [0.25, 0.3) is 0 Å². The maximum absolute atomic E-state index is 3.72. The van der Waals surface area contributed by atoms with E-state index < -0.39 is 0 Å². The molecular formula is C41H81N2+. The van der Waals surface area contributed by atoms with E-state index in [1.165, 1.54) is 211 Å². The van der Waals surface area contributed by atoms with Crippen LogP contribution in [0, 0.1) is 0 Å². The Morgan fingerprint density at radius 3 is 1.14 bits per heavy atom. The Kier molecular flexibility index (Phi) is 29.2. The Balaban J connectivity index is 2.21. The van der Waals surface area contributed by atoms with Crippen LogP contribution in [0.4, 0.5) is 0 Å². The maximum atomic E-state index is 3.72. The van der Waals surface area contributed by atoms with E-state index in [4.69, 9.17) is 0 Å². The smallest absolute Gasteiger partial charge is 0.247 e. The molecule has 1 aromatic heterocycles. The first-order valence-corrected chi connectivity index (χ1v) is 20.3. The van der Waals surface area contributed by atoms with Gasteiger partial charge in [0.25, 0.3) is 5.82 Å². The molecule has 2 nitrogen and oxygen atoms in total. The molecule has 0 fully saturated rings. The van der Waals surface area contributed by atoms with Gasteiger partial charge in [-0.3, -0.25) is 0 Å². The average molecular weight is 602 g/mol. The van der Waals surface area contributed by atoms with Gasteiger partial charge in [-0.25, -0.2) is 9.55 Å². The molecule has 254 valence electrons. The molecule has 0 radical (unpaired) electrons. The Morgan fingerprint density at radius 2 is 0.744 bits per heavy atom. The Morgan fingerprint density at radius 1 is 0.442 bits per heavy atom. The van der Waals surface area contributed by atoms with Crippen LogP contribution < -0.4 is 4.57 Å². The standard InChI is InChI=1S/C41H80N2/c1-5-8-11-13-15-17-19-20-21-22-23-24-26-28-30-33-36-40(35-31-10-7-3)41-42-37-38-43(41)39(4)34-32-29-27-25-18-16-14-12-9-6-2/h37-40H,5-36H2,1-4H3/p+1. The van der Waals surface area contributed by atoms with Gasteiger partial charge in [0, 0.05) is 0 Å². The third kappa shape index (κ3) is 23.2. The number of hydrogen-bond donors (Lipinski definition) is 1. The van der Waals surface area contributed by atoms with Gasteiger partial charge in [-0.2, -0.15) is 0 Å². The summed E-state index contributed by atoms with van der Waals surface area (Å²) in [6.45, 7) is 9.42. The topological polar surface area (TPSA) is 19.7 Å². The van der Waals surface area contributed by atoms with Crippen LogP contribution >= 0.6 is 0 Å². The summed E-state index contributed by atoms with van der Waals surface area (Å²) < 4.78 is 2.62. The summed E-state index contributed by atoms with van der Waals surface area (Å²) in [6.07, 6.45) is 50.2. The minimum atomic E-state index is 0.620. The molecule has 2 atom stereocenters. The molecule has 0 aromatic carbocycles. The van der Waals surface area contributed by atoms with Crippen LogP contribution in [0.15, 0.2) is 12.4 Å². The third-order valence-electron chi connectivity index (χ3n) is 10.1. The lowest BCUT2D eigenvalue weighted by molar-refractivity contribution is -0.727. The van der Waals surface area contributed by atoms with Crippen LogP contribution in [-0.4, -0.2) is 4.98 Å². The Labute approximate surface area is 272 Å². The summed E-state index contributed by atoms with van der Waals surface area (Å²) >= 11 is 0. The normalized spacial score (nSPS) is 13.1. The lowest BCUT2D eigenvalue weighted by Crippen LogP contribution is -2.41. The lowest BCUT2D eigenvalue weighted by atomic mass is 9.93. The van der Waals surface area contributed by atoms with Crippen molar-refractivity contribution < 1.29 is 4.57 Å². The van der Waals surface area contributed by atoms with Crippen molar-refractivity contribution >= 4 is 0 Å². The van der Waals surface area contributed by atoms with E-state index in [1.807, 2.05) is 0 Å². The summed E-state index contributed by atoms with van der Waals surface area (Å²) in [5.41, 5.74) is 0. The number of aromatic nitrogens is 2.